The van der Waals surface area contributed by atoms with Gasteiger partial charge in [0.2, 0.25) is 0 Å². The number of aliphatic carboxylic acids is 1. The number of anilines is 1. The largest absolute Gasteiger partial charge is 0.490 e. The molecule has 1 aliphatic rings. The summed E-state index contributed by atoms with van der Waals surface area (Å²) < 4.78 is 32.7. The molecule has 2 heterocycles. The second-order valence-electron chi connectivity index (χ2n) is 7.67. The zero-order chi connectivity index (χ0) is 24.9. The molecule has 1 aromatic heterocycles. The molecular weight excluding hydrogens is 521 g/mol. The number of halogens is 4. The summed E-state index contributed by atoms with van der Waals surface area (Å²) in [7, 11) is 0. The van der Waals surface area contributed by atoms with Gasteiger partial charge in [0.1, 0.15) is 0 Å². The average Bonchev–Trinajstić information content (AvgIpc) is 3.27. The fraction of sp³-hybridized carbons (Fsp3) is 0.318. The number of carbonyl (C=O) groups excluding carboxylic acids is 1. The fourth-order valence-corrected chi connectivity index (χ4v) is 3.74. The zero-order valence-corrected chi connectivity index (χ0v) is 19.3. The van der Waals surface area contributed by atoms with Gasteiger partial charge in [-0.2, -0.15) is 18.3 Å². The van der Waals surface area contributed by atoms with Crippen molar-refractivity contribution < 1.29 is 33.0 Å². The summed E-state index contributed by atoms with van der Waals surface area (Å²) in [5.74, 6) is -2.98. The number of aliphatic hydroxyl groups is 1. The maximum absolute atomic E-state index is 12.6. The van der Waals surface area contributed by atoms with Gasteiger partial charge < -0.3 is 20.4 Å². The van der Waals surface area contributed by atoms with E-state index < -0.39 is 18.2 Å². The number of aromatic nitrogens is 2. The molecule has 1 amide bonds. The second-order valence-corrected chi connectivity index (χ2v) is 8.59. The third kappa shape index (κ3) is 6.70. The maximum atomic E-state index is 12.6. The van der Waals surface area contributed by atoms with Gasteiger partial charge in [-0.3, -0.25) is 9.89 Å². The highest BCUT2D eigenvalue weighted by atomic mass is 79.9. The monoisotopic (exact) mass is 542 g/mol. The van der Waals surface area contributed by atoms with Gasteiger partial charge in [-0.15, -0.1) is 0 Å². The first-order chi connectivity index (χ1) is 16.0. The summed E-state index contributed by atoms with van der Waals surface area (Å²) in [5, 5.41) is 29.1. The number of alkyl halides is 3. The lowest BCUT2D eigenvalue weighted by atomic mass is 10.0. The van der Waals surface area contributed by atoms with Crippen molar-refractivity contribution in [2.75, 3.05) is 18.4 Å². The summed E-state index contributed by atoms with van der Waals surface area (Å²) in [6, 6.07) is 13.6. The number of aliphatic hydroxyl groups excluding tert-OH is 1. The van der Waals surface area contributed by atoms with Crippen LogP contribution in [0.1, 0.15) is 24.5 Å². The van der Waals surface area contributed by atoms with E-state index in [-0.39, 0.29) is 5.91 Å². The number of aromatic amines is 1. The summed E-state index contributed by atoms with van der Waals surface area (Å²) in [5.41, 5.74) is 2.70. The van der Waals surface area contributed by atoms with Crippen molar-refractivity contribution in [2.24, 2.45) is 0 Å². The Labute approximate surface area is 200 Å². The van der Waals surface area contributed by atoms with Crippen LogP contribution in [0.25, 0.3) is 10.9 Å². The number of hydrogen-bond acceptors (Lipinski definition) is 5. The molecule has 1 unspecified atom stereocenters. The first-order valence-corrected chi connectivity index (χ1v) is 11.1. The van der Waals surface area contributed by atoms with Gasteiger partial charge in [0.05, 0.1) is 11.7 Å². The van der Waals surface area contributed by atoms with E-state index in [1.165, 1.54) is 0 Å². The van der Waals surface area contributed by atoms with Gasteiger partial charge in [0.25, 0.3) is 5.91 Å². The van der Waals surface area contributed by atoms with Crippen LogP contribution < -0.4 is 5.32 Å². The molecule has 0 aliphatic carbocycles. The number of nitrogens with zero attached hydrogens (tertiary/aromatic N) is 2. The molecule has 1 saturated heterocycles. The molecule has 1 atom stereocenters. The van der Waals surface area contributed by atoms with Gasteiger partial charge in [-0.25, -0.2) is 4.79 Å². The van der Waals surface area contributed by atoms with Crippen molar-refractivity contribution in [2.45, 2.75) is 31.2 Å². The number of hydrogen-bond donors (Lipinski definition) is 4. The van der Waals surface area contributed by atoms with Crippen molar-refractivity contribution in [3.8, 4) is 0 Å². The summed E-state index contributed by atoms with van der Waals surface area (Å²) >= 11 is 3.36. The van der Waals surface area contributed by atoms with E-state index in [1.54, 1.807) is 17.0 Å². The molecule has 2 aromatic carbocycles. The summed E-state index contributed by atoms with van der Waals surface area (Å²) in [6.45, 7) is 1.27. The first kappa shape index (κ1) is 25.5. The molecule has 12 heteroatoms. The maximum Gasteiger partial charge on any atom is 0.490 e. The summed E-state index contributed by atoms with van der Waals surface area (Å²) in [4.78, 5) is 23.2. The number of piperidine rings is 1. The minimum Gasteiger partial charge on any atom is -0.475 e. The third-order valence-electron chi connectivity index (χ3n) is 5.28. The van der Waals surface area contributed by atoms with Crippen LogP contribution in [-0.4, -0.2) is 62.5 Å². The van der Waals surface area contributed by atoms with Crippen LogP contribution >= 0.6 is 15.9 Å². The fourth-order valence-electron chi connectivity index (χ4n) is 3.47. The van der Waals surface area contributed by atoms with E-state index in [1.807, 2.05) is 30.5 Å². The predicted molar refractivity (Wildman–Crippen MR) is 122 cm³/mol. The van der Waals surface area contributed by atoms with E-state index in [2.05, 4.69) is 37.5 Å². The van der Waals surface area contributed by atoms with Gasteiger partial charge in [0.15, 0.2) is 6.10 Å². The lowest BCUT2D eigenvalue weighted by molar-refractivity contribution is -0.192. The van der Waals surface area contributed by atoms with E-state index in [4.69, 9.17) is 9.90 Å². The van der Waals surface area contributed by atoms with Crippen molar-refractivity contribution >= 4 is 44.4 Å². The number of amides is 1. The molecule has 0 bridgehead atoms. The first-order valence-electron chi connectivity index (χ1n) is 10.3. The highest BCUT2D eigenvalue weighted by Crippen LogP contribution is 2.24. The van der Waals surface area contributed by atoms with E-state index in [9.17, 15) is 23.1 Å². The van der Waals surface area contributed by atoms with Crippen molar-refractivity contribution in [1.82, 2.24) is 15.1 Å². The molecule has 0 radical (unpaired) electrons. The number of carboxylic acids is 1. The Balaban J connectivity index is 0.000000406. The molecule has 3 aromatic rings. The lowest BCUT2D eigenvalue weighted by Crippen LogP contribution is -2.44. The van der Waals surface area contributed by atoms with Gasteiger partial charge in [-0.1, -0.05) is 28.1 Å². The minimum atomic E-state index is -5.08. The van der Waals surface area contributed by atoms with Crippen molar-refractivity contribution in [1.29, 1.82) is 0 Å². The number of carboxylic acid groups (broad SMARTS) is 1. The number of nitrogens with one attached hydrogen (secondary N) is 2. The molecule has 34 heavy (non-hydrogen) atoms. The Bertz CT molecular complexity index is 1130. The highest BCUT2D eigenvalue weighted by molar-refractivity contribution is 9.10. The van der Waals surface area contributed by atoms with Gasteiger partial charge >= 0.3 is 12.1 Å². The highest BCUT2D eigenvalue weighted by Gasteiger charge is 2.38. The Morgan fingerprint density at radius 3 is 2.35 bits per heavy atom. The van der Waals surface area contributed by atoms with Crippen LogP contribution in [-0.2, 0) is 9.59 Å². The molecule has 4 rings (SSSR count). The van der Waals surface area contributed by atoms with Crippen LogP contribution in [0.3, 0.4) is 0 Å². The van der Waals surface area contributed by atoms with E-state index >= 15 is 0 Å². The average molecular weight is 543 g/mol. The van der Waals surface area contributed by atoms with Crippen molar-refractivity contribution in [3.05, 3.63) is 58.7 Å². The Morgan fingerprint density at radius 1 is 1.15 bits per heavy atom. The Hall–Kier alpha value is -3.12. The number of H-pyrrole nitrogens is 1. The van der Waals surface area contributed by atoms with Crippen LogP contribution in [0.2, 0.25) is 0 Å². The molecule has 0 saturated carbocycles. The molecule has 182 valence electrons. The van der Waals surface area contributed by atoms with Crippen LogP contribution in [0.15, 0.2) is 53.1 Å². The normalized spacial score (nSPS) is 15.4. The van der Waals surface area contributed by atoms with Gasteiger partial charge in [0, 0.05) is 34.7 Å². The van der Waals surface area contributed by atoms with Crippen LogP contribution in [0.4, 0.5) is 18.9 Å². The zero-order valence-electron chi connectivity index (χ0n) is 17.7. The quantitative estimate of drug-likeness (QED) is 0.394. The second kappa shape index (κ2) is 10.9. The Kier molecular flexibility index (Phi) is 8.15. The van der Waals surface area contributed by atoms with Crippen molar-refractivity contribution in [3.63, 3.8) is 0 Å². The molecule has 0 spiro atoms. The number of benzene rings is 2. The summed E-state index contributed by atoms with van der Waals surface area (Å²) in [6.07, 6.45) is -2.68. The van der Waals surface area contributed by atoms with Gasteiger partial charge in [-0.05, 0) is 48.7 Å². The predicted octanol–water partition coefficient (Wildman–Crippen LogP) is 4.10. The molecular formula is C22H22BrF3N4O4. The topological polar surface area (TPSA) is 119 Å². The number of likely N-dealkylation sites (tertiary alicyclic amines) is 1. The third-order valence-corrected chi connectivity index (χ3v) is 5.81. The van der Waals surface area contributed by atoms with Crippen LogP contribution in [0, 0.1) is 0 Å². The lowest BCUT2D eigenvalue weighted by Gasteiger charge is -2.34. The molecule has 4 N–H and O–H groups in total. The van der Waals surface area contributed by atoms with Crippen LogP contribution in [0.5, 0.6) is 0 Å². The van der Waals surface area contributed by atoms with E-state index in [0.29, 0.717) is 24.7 Å². The number of carbonyl (C=O) groups is 2. The smallest absolute Gasteiger partial charge is 0.475 e. The molecule has 1 aliphatic heterocycles. The van der Waals surface area contributed by atoms with E-state index in [0.717, 1.165) is 33.9 Å². The Morgan fingerprint density at radius 2 is 1.76 bits per heavy atom. The number of rotatable bonds is 4. The number of fused-ring (bicyclic) bond motifs is 1. The molecule has 1 fully saturated rings. The standard InChI is InChI=1S/C20H21BrN4O2.C2HF3O2/c21-15-3-1-13(2-4-15)19(26)20(27)25-9-7-16(8-10-25)23-17-5-6-18-14(11-17)12-22-24-18;3-2(4,5)1(6)7/h1-6,11-12,16,19,23,26H,7-10H2,(H,22,24);(H,6,7). The SMILES string of the molecule is O=C(C(O)c1ccc(Br)cc1)N1CCC(Nc2ccc3[nH]ncc3c2)CC1.O=C(O)C(F)(F)F. The minimum absolute atomic E-state index is 0.226. The molecule has 8 nitrogen and oxygen atoms in total.